The zero-order valence-corrected chi connectivity index (χ0v) is 8.06. The van der Waals surface area contributed by atoms with Crippen molar-refractivity contribution in [1.82, 2.24) is 0 Å². The van der Waals surface area contributed by atoms with E-state index < -0.39 is 10.8 Å². The highest BCUT2D eigenvalue weighted by molar-refractivity contribution is 5.41. The van der Waals surface area contributed by atoms with Crippen LogP contribution in [-0.2, 0) is 0 Å². The minimum absolute atomic E-state index is 0.100. The van der Waals surface area contributed by atoms with Gasteiger partial charge in [-0.25, -0.2) is 0 Å². The maximum Gasteiger partial charge on any atom is 0.178 e. The van der Waals surface area contributed by atoms with Gasteiger partial charge >= 0.3 is 0 Å². The van der Waals surface area contributed by atoms with Gasteiger partial charge in [0.15, 0.2) is 10.8 Å². The van der Waals surface area contributed by atoms with Crippen molar-refractivity contribution in [3.8, 4) is 24.3 Å². The number of rotatable bonds is 0. The summed E-state index contributed by atoms with van der Waals surface area (Å²) in [5.74, 6) is -0.200. The van der Waals surface area contributed by atoms with Gasteiger partial charge in [0.05, 0.1) is 24.3 Å². The Balaban J connectivity index is 2.67. The van der Waals surface area contributed by atoms with Crippen molar-refractivity contribution in [1.29, 1.82) is 21.0 Å². The zero-order valence-electron chi connectivity index (χ0n) is 8.06. The lowest BCUT2D eigenvalue weighted by molar-refractivity contribution is 0.188. The molecular formula is C11H8N4. The minimum Gasteiger partial charge on any atom is -0.196 e. The predicted octanol–water partition coefficient (Wildman–Crippen LogP) is 1.48. The summed E-state index contributed by atoms with van der Waals surface area (Å²) in [6.07, 6.45) is 2.25. The van der Waals surface area contributed by atoms with Crippen molar-refractivity contribution < 1.29 is 0 Å². The molecule has 0 radical (unpaired) electrons. The first-order valence-electron chi connectivity index (χ1n) is 4.85. The van der Waals surface area contributed by atoms with E-state index in [-0.39, 0.29) is 11.8 Å². The topological polar surface area (TPSA) is 95.2 Å². The van der Waals surface area contributed by atoms with Gasteiger partial charge in [0, 0.05) is 0 Å². The van der Waals surface area contributed by atoms with Gasteiger partial charge in [-0.15, -0.1) is 0 Å². The van der Waals surface area contributed by atoms with Crippen molar-refractivity contribution >= 4 is 0 Å². The molecule has 4 heteroatoms. The largest absolute Gasteiger partial charge is 0.196 e. The van der Waals surface area contributed by atoms with E-state index in [1.807, 2.05) is 24.3 Å². The van der Waals surface area contributed by atoms with Crippen LogP contribution < -0.4 is 0 Å². The second-order valence-electron chi connectivity index (χ2n) is 4.27. The van der Waals surface area contributed by atoms with Gasteiger partial charge in [0.1, 0.15) is 0 Å². The van der Waals surface area contributed by atoms with E-state index in [0.29, 0.717) is 6.42 Å². The highest BCUT2D eigenvalue weighted by atomic mass is 14.7. The molecule has 0 aromatic rings. The fourth-order valence-electron chi connectivity index (χ4n) is 3.18. The third kappa shape index (κ3) is 0.743. The van der Waals surface area contributed by atoms with Gasteiger partial charge in [0.2, 0.25) is 0 Å². The molecule has 0 heterocycles. The van der Waals surface area contributed by atoms with E-state index >= 15 is 0 Å². The quantitative estimate of drug-likeness (QED) is 0.586. The molecule has 2 atom stereocenters. The Morgan fingerprint density at radius 3 is 1.33 bits per heavy atom. The van der Waals surface area contributed by atoms with Crippen LogP contribution in [0.25, 0.3) is 0 Å². The van der Waals surface area contributed by atoms with Gasteiger partial charge in [-0.3, -0.25) is 0 Å². The molecule has 2 fully saturated rings. The molecular weight excluding hydrogens is 188 g/mol. The molecule has 0 aromatic carbocycles. The molecule has 0 aliphatic heterocycles. The van der Waals surface area contributed by atoms with E-state index in [9.17, 15) is 0 Å². The lowest BCUT2D eigenvalue weighted by atomic mass is 9.58. The molecule has 0 aromatic heterocycles. The van der Waals surface area contributed by atoms with Crippen LogP contribution in [0.5, 0.6) is 0 Å². The Morgan fingerprint density at radius 2 is 1.07 bits per heavy atom. The van der Waals surface area contributed by atoms with Crippen molar-refractivity contribution in [2.45, 2.75) is 19.3 Å². The highest BCUT2D eigenvalue weighted by Crippen LogP contribution is 2.65. The Kier molecular flexibility index (Phi) is 1.73. The first-order valence-corrected chi connectivity index (χ1v) is 4.85. The summed E-state index contributed by atoms with van der Waals surface area (Å²) in [5, 5.41) is 36.6. The number of nitrogens with zero attached hydrogens (tertiary/aromatic N) is 4. The molecule has 0 amide bonds. The molecule has 2 saturated carbocycles. The third-order valence-corrected chi connectivity index (χ3v) is 3.98. The van der Waals surface area contributed by atoms with Crippen molar-refractivity contribution in [3.05, 3.63) is 0 Å². The fourth-order valence-corrected chi connectivity index (χ4v) is 3.18. The second kappa shape index (κ2) is 2.73. The molecule has 2 bridgehead atoms. The van der Waals surface area contributed by atoms with E-state index in [1.54, 1.807) is 0 Å². The van der Waals surface area contributed by atoms with E-state index in [2.05, 4.69) is 0 Å². The molecule has 0 spiro atoms. The number of nitriles is 4. The van der Waals surface area contributed by atoms with Gasteiger partial charge in [-0.05, 0) is 31.1 Å². The Morgan fingerprint density at radius 1 is 0.733 bits per heavy atom. The normalized spacial score (nSPS) is 33.3. The number of hydrogen-bond acceptors (Lipinski definition) is 4. The van der Waals surface area contributed by atoms with Gasteiger partial charge in [0.25, 0.3) is 0 Å². The van der Waals surface area contributed by atoms with Crippen LogP contribution in [0.2, 0.25) is 0 Å². The fraction of sp³-hybridized carbons (Fsp3) is 0.636. The molecule has 2 aliphatic carbocycles. The van der Waals surface area contributed by atoms with Gasteiger partial charge < -0.3 is 0 Å². The average Bonchev–Trinajstić information content (AvgIpc) is 2.85. The maximum absolute atomic E-state index is 9.16. The summed E-state index contributed by atoms with van der Waals surface area (Å²) in [5.41, 5.74) is -2.81. The zero-order chi connectivity index (χ0) is 11.1. The van der Waals surface area contributed by atoms with Crippen molar-refractivity contribution in [2.75, 3.05) is 0 Å². The lowest BCUT2D eigenvalue weighted by Crippen LogP contribution is -2.43. The lowest BCUT2D eigenvalue weighted by Gasteiger charge is -2.34. The van der Waals surface area contributed by atoms with Crippen LogP contribution in [0.3, 0.4) is 0 Å². The Labute approximate surface area is 87.9 Å². The van der Waals surface area contributed by atoms with Crippen molar-refractivity contribution in [3.63, 3.8) is 0 Å². The van der Waals surface area contributed by atoms with Gasteiger partial charge in [-0.2, -0.15) is 21.0 Å². The molecule has 2 rings (SSSR count). The Bertz CT molecular complexity index is 393. The van der Waals surface area contributed by atoms with Gasteiger partial charge in [-0.1, -0.05) is 0 Å². The van der Waals surface area contributed by atoms with Crippen LogP contribution in [0, 0.1) is 68.0 Å². The second-order valence-corrected chi connectivity index (χ2v) is 4.27. The van der Waals surface area contributed by atoms with Crippen LogP contribution in [0.15, 0.2) is 0 Å². The molecule has 15 heavy (non-hydrogen) atoms. The van der Waals surface area contributed by atoms with E-state index in [4.69, 9.17) is 21.0 Å². The third-order valence-electron chi connectivity index (χ3n) is 3.98. The van der Waals surface area contributed by atoms with E-state index in [1.165, 1.54) is 0 Å². The molecule has 0 saturated heterocycles. The molecule has 0 unspecified atom stereocenters. The van der Waals surface area contributed by atoms with Crippen LogP contribution in [0.1, 0.15) is 19.3 Å². The smallest absolute Gasteiger partial charge is 0.178 e. The minimum atomic E-state index is -1.40. The first kappa shape index (κ1) is 9.51. The standard InChI is InChI=1S/C11H8N4/c12-4-10(5-13)8-1-2-9(3-8)11(10,6-14)7-15/h8-9H,1-3H2/t8-,9-/m0/s1. The molecule has 72 valence electrons. The molecule has 2 aliphatic rings. The van der Waals surface area contributed by atoms with Crippen LogP contribution in [-0.4, -0.2) is 0 Å². The van der Waals surface area contributed by atoms with E-state index in [0.717, 1.165) is 12.8 Å². The summed E-state index contributed by atoms with van der Waals surface area (Å²) in [6, 6.07) is 7.78. The summed E-state index contributed by atoms with van der Waals surface area (Å²) in [4.78, 5) is 0. The SMILES string of the molecule is N#CC1(C#N)[C@H]2CC[C@@H](C2)C1(C#N)C#N. The number of hydrogen-bond donors (Lipinski definition) is 0. The molecule has 0 N–H and O–H groups in total. The summed E-state index contributed by atoms with van der Waals surface area (Å²) in [6.45, 7) is 0. The van der Waals surface area contributed by atoms with Crippen molar-refractivity contribution in [2.24, 2.45) is 22.7 Å². The maximum atomic E-state index is 9.16. The Hall–Kier alpha value is -2.04. The number of fused-ring (bicyclic) bond motifs is 2. The van der Waals surface area contributed by atoms with Crippen LogP contribution in [0.4, 0.5) is 0 Å². The first-order chi connectivity index (χ1) is 7.20. The summed E-state index contributed by atoms with van der Waals surface area (Å²) in [7, 11) is 0. The summed E-state index contributed by atoms with van der Waals surface area (Å²) >= 11 is 0. The van der Waals surface area contributed by atoms with Crippen LogP contribution >= 0.6 is 0 Å². The predicted molar refractivity (Wildman–Crippen MR) is 48.1 cm³/mol. The summed E-state index contributed by atoms with van der Waals surface area (Å²) < 4.78 is 0. The monoisotopic (exact) mass is 196 g/mol. The molecule has 4 nitrogen and oxygen atoms in total. The average molecular weight is 196 g/mol. The highest BCUT2D eigenvalue weighted by Gasteiger charge is 2.70.